The molecule has 0 atom stereocenters. The first-order chi connectivity index (χ1) is 16.1. The van der Waals surface area contributed by atoms with Gasteiger partial charge in [-0.05, 0) is 0 Å². The molecule has 0 spiro atoms. The topological polar surface area (TPSA) is 69.3 Å². The zero-order valence-corrected chi connectivity index (χ0v) is 15.8. The van der Waals surface area contributed by atoms with Crippen molar-refractivity contribution in [3.05, 3.63) is 69.2 Å². The maximum absolute atomic E-state index is 14.7. The van der Waals surface area contributed by atoms with E-state index in [9.17, 15) is 35.1 Å². The van der Waals surface area contributed by atoms with Crippen molar-refractivity contribution in [2.24, 2.45) is 4.99 Å². The van der Waals surface area contributed by atoms with Crippen LogP contribution in [0.2, 0.25) is 0 Å². The van der Waals surface area contributed by atoms with Crippen molar-refractivity contribution in [1.29, 1.82) is 5.26 Å². The van der Waals surface area contributed by atoms with Crippen LogP contribution >= 0.6 is 0 Å². The molecule has 2 heterocycles. The number of nitrogens with zero attached hydrogens (tertiary/aromatic N) is 6. The van der Waals surface area contributed by atoms with Gasteiger partial charge in [-0.25, -0.2) is 35.7 Å². The van der Waals surface area contributed by atoms with E-state index in [4.69, 9.17) is 11.8 Å². The summed E-state index contributed by atoms with van der Waals surface area (Å²) in [5.74, 6) is -17.2. The maximum atomic E-state index is 14.7. The highest BCUT2D eigenvalue weighted by Crippen LogP contribution is 2.50. The molecule has 0 saturated heterocycles. The molecule has 6 nitrogen and oxygen atoms in total. The van der Waals surface area contributed by atoms with Gasteiger partial charge in [-0.2, -0.15) is 24.5 Å². The van der Waals surface area contributed by atoms with Crippen molar-refractivity contribution in [1.82, 2.24) is 14.5 Å². The Morgan fingerprint density at radius 2 is 1.29 bits per heavy atom. The van der Waals surface area contributed by atoms with Crippen LogP contribution in [0.5, 0.6) is 0 Å². The fourth-order valence-electron chi connectivity index (χ4n) is 3.79. The summed E-state index contributed by atoms with van der Waals surface area (Å²) >= 11 is 0. The van der Waals surface area contributed by atoms with Crippen LogP contribution in [-0.2, 0) is 0 Å². The molecule has 0 bridgehead atoms. The normalized spacial score (nSPS) is 15.1. The van der Waals surface area contributed by atoms with Gasteiger partial charge < -0.3 is 0 Å². The van der Waals surface area contributed by atoms with Crippen LogP contribution in [0.4, 0.5) is 46.6 Å². The van der Waals surface area contributed by atoms with Crippen LogP contribution in [0, 0.1) is 64.6 Å². The summed E-state index contributed by atoms with van der Waals surface area (Å²) < 4.78 is 115. The second-order valence-electron chi connectivity index (χ2n) is 6.75. The lowest BCUT2D eigenvalue weighted by molar-refractivity contribution is 0.410. The van der Waals surface area contributed by atoms with Gasteiger partial charge in [0.05, 0.1) is 11.1 Å². The van der Waals surface area contributed by atoms with Crippen molar-refractivity contribution in [3.8, 4) is 28.7 Å². The smallest absolute Gasteiger partial charge is 0.235 e. The quantitative estimate of drug-likeness (QED) is 0.0621. The van der Waals surface area contributed by atoms with Gasteiger partial charge in [-0.15, -0.1) is 4.58 Å². The summed E-state index contributed by atoms with van der Waals surface area (Å²) in [5.41, 5.74) is -6.97. The molecule has 1 aliphatic carbocycles. The number of aromatic nitrogens is 2. The van der Waals surface area contributed by atoms with Gasteiger partial charge in [0, 0.05) is 0 Å². The van der Waals surface area contributed by atoms with E-state index in [0.29, 0.717) is 10.9 Å². The Hall–Kier alpha value is -4.72. The molecule has 1 aromatic heterocycles. The first-order valence-corrected chi connectivity index (χ1v) is 8.76. The number of halogens is 8. The molecule has 34 heavy (non-hydrogen) atoms. The minimum atomic E-state index is -2.23. The molecule has 2 aromatic carbocycles. The Morgan fingerprint density at radius 3 is 1.88 bits per heavy atom. The first kappa shape index (κ1) is 21.1. The van der Waals surface area contributed by atoms with Gasteiger partial charge in [0.15, 0.2) is 40.6 Å². The lowest BCUT2D eigenvalue weighted by atomic mass is 10.1. The second kappa shape index (κ2) is 6.89. The van der Waals surface area contributed by atoms with Gasteiger partial charge >= 0.3 is 12.2 Å². The Morgan fingerprint density at radius 1 is 0.735 bits per heavy atom. The minimum Gasteiger partial charge on any atom is -0.235 e. The highest BCUT2D eigenvalue weighted by molar-refractivity contribution is 6.24. The van der Waals surface area contributed by atoms with Crippen LogP contribution < -0.4 is 4.58 Å². The predicted octanol–water partition coefficient (Wildman–Crippen LogP) is 4.65. The largest absolute Gasteiger partial charge is 0.393 e. The summed E-state index contributed by atoms with van der Waals surface area (Å²) in [7, 11) is 0. The fraction of sp³-hybridized carbons (Fsp3) is 0. The molecule has 0 N–H and O–H groups in total. The molecule has 1 aliphatic heterocycles. The van der Waals surface area contributed by atoms with Gasteiger partial charge in [0.25, 0.3) is 5.69 Å². The van der Waals surface area contributed by atoms with Crippen molar-refractivity contribution < 1.29 is 35.1 Å². The molecular formula is C20HF8N6+. The molecule has 3 aromatic rings. The average Bonchev–Trinajstić information content (AvgIpc) is 3.30. The van der Waals surface area contributed by atoms with Crippen LogP contribution in [0.25, 0.3) is 27.4 Å². The number of hydrogen-bond acceptors (Lipinski definition) is 4. The number of benzene rings is 2. The maximum Gasteiger partial charge on any atom is 0.393 e. The Kier molecular flexibility index (Phi) is 4.28. The van der Waals surface area contributed by atoms with Crippen molar-refractivity contribution >= 4 is 23.6 Å². The monoisotopic (exact) mass is 477 g/mol. The number of rotatable bonds is 0. The van der Waals surface area contributed by atoms with E-state index in [1.807, 2.05) is 0 Å². The standard InChI is InChI=1S/C20HF8N6/c1-30-3-34-19-6(9(23)12(26)13(27)14(19)28)17-20(34)33-16-5-4(15(31-2-29)18(16)32-17)7(21)10(24)11(25)8(5)22/h3H/q+1. The van der Waals surface area contributed by atoms with E-state index in [-0.39, 0.29) is 0 Å². The molecule has 0 unspecified atom stereocenters. The van der Waals surface area contributed by atoms with Crippen LogP contribution in [-0.4, -0.2) is 22.0 Å². The molecule has 2 aliphatic rings. The van der Waals surface area contributed by atoms with E-state index >= 15 is 0 Å². The molecule has 0 radical (unpaired) electrons. The lowest BCUT2D eigenvalue weighted by Gasteiger charge is -2.05. The zero-order chi connectivity index (χ0) is 24.6. The number of hydrogen-bond donors (Lipinski definition) is 0. The SMILES string of the molecule is [C-]#[N+]C=[N+]1c2nc3c(nc2-c2c(F)c(F)c(F)c(F)c21)C(=NC#N)c1c(F)c(F)c(F)c(F)c1-3. The predicted molar refractivity (Wildman–Crippen MR) is 97.9 cm³/mol. The van der Waals surface area contributed by atoms with Crippen molar-refractivity contribution in [3.63, 3.8) is 0 Å². The van der Waals surface area contributed by atoms with Gasteiger partial charge in [-0.3, -0.25) is 0 Å². The number of nitriles is 1. The Balaban J connectivity index is 1.96. The Labute approximate surface area is 182 Å². The number of aliphatic imine (C=N–C) groups is 1. The fourth-order valence-corrected chi connectivity index (χ4v) is 3.79. The van der Waals surface area contributed by atoms with E-state index in [0.717, 1.165) is 0 Å². The molecule has 0 saturated carbocycles. The molecule has 14 heteroatoms. The molecule has 166 valence electrons. The minimum absolute atomic E-state index is 0.471. The van der Waals surface area contributed by atoms with Gasteiger partial charge in [0.2, 0.25) is 17.8 Å². The van der Waals surface area contributed by atoms with Crippen LogP contribution in [0.15, 0.2) is 4.99 Å². The lowest BCUT2D eigenvalue weighted by Crippen LogP contribution is -2.08. The van der Waals surface area contributed by atoms with Crippen LogP contribution in [0.1, 0.15) is 11.3 Å². The summed E-state index contributed by atoms with van der Waals surface area (Å²) in [6, 6.07) is 0. The summed E-state index contributed by atoms with van der Waals surface area (Å²) in [6.07, 6.45) is 1.73. The van der Waals surface area contributed by atoms with E-state index in [1.165, 1.54) is 6.19 Å². The highest BCUT2D eigenvalue weighted by Gasteiger charge is 2.47. The third-order valence-corrected chi connectivity index (χ3v) is 5.13. The summed E-state index contributed by atoms with van der Waals surface area (Å²) in [5, 5.41) is 8.96. The Bertz CT molecular complexity index is 1540. The third-order valence-electron chi connectivity index (χ3n) is 5.13. The number of fused-ring (bicyclic) bond motifs is 6. The van der Waals surface area contributed by atoms with Crippen molar-refractivity contribution in [2.45, 2.75) is 0 Å². The summed E-state index contributed by atoms with van der Waals surface area (Å²) in [4.78, 5) is 13.8. The van der Waals surface area contributed by atoms with E-state index in [1.54, 1.807) is 0 Å². The first-order valence-electron chi connectivity index (χ1n) is 8.76. The van der Waals surface area contributed by atoms with E-state index in [2.05, 4.69) is 19.8 Å². The molecule has 0 amide bonds. The zero-order valence-electron chi connectivity index (χ0n) is 15.8. The van der Waals surface area contributed by atoms with Crippen molar-refractivity contribution in [2.75, 3.05) is 0 Å². The van der Waals surface area contributed by atoms with Crippen LogP contribution in [0.3, 0.4) is 0 Å². The van der Waals surface area contributed by atoms with Gasteiger partial charge in [-0.1, -0.05) is 0 Å². The second-order valence-corrected chi connectivity index (χ2v) is 6.75. The highest BCUT2D eigenvalue weighted by atomic mass is 19.2. The molecule has 5 rings (SSSR count). The van der Waals surface area contributed by atoms with E-state index < -0.39 is 97.5 Å². The molecule has 0 fully saturated rings. The third kappa shape index (κ3) is 2.36. The average molecular weight is 477 g/mol. The summed E-state index contributed by atoms with van der Waals surface area (Å²) in [6.45, 7) is 6.98. The molecular weight excluding hydrogens is 476 g/mol. The van der Waals surface area contributed by atoms with Gasteiger partial charge in [0.1, 0.15) is 29.2 Å².